The molecule has 14 rings (SSSR count). The Balaban J connectivity index is 0.858. The predicted octanol–water partition coefficient (Wildman–Crippen LogP) is 17.3. The van der Waals surface area contributed by atoms with Gasteiger partial charge >= 0.3 is 0 Å². The minimum Gasteiger partial charge on any atom is -0.291 e. The summed E-state index contributed by atoms with van der Waals surface area (Å²) in [5.74, 6) is 0. The summed E-state index contributed by atoms with van der Waals surface area (Å²) in [4.78, 5) is 5.51. The van der Waals surface area contributed by atoms with Gasteiger partial charge in [-0.05, 0) is 125 Å². The average molecular weight is 845 g/mol. The Morgan fingerprint density at radius 2 is 1.00 bits per heavy atom. The minimum atomic E-state index is 0.00751. The van der Waals surface area contributed by atoms with Gasteiger partial charge in [-0.15, -0.1) is 11.3 Å². The SMILES string of the molecule is CC1(C)c2ccccc2-c2cc(-c3ccc(-c4ccc(-c5ccc(-c6cc7c8ccccc8sc7c7nc8c9cc%10ccccc%10cc9ccc8n67)cc5)c5ccccc45)cc3)ccc21. The zero-order chi connectivity index (χ0) is 43.0. The fourth-order valence-electron chi connectivity index (χ4n) is 11.1. The van der Waals surface area contributed by atoms with Crippen LogP contribution in [0.4, 0.5) is 0 Å². The van der Waals surface area contributed by atoms with Crippen LogP contribution in [0.3, 0.4) is 0 Å². The van der Waals surface area contributed by atoms with E-state index in [9.17, 15) is 0 Å². The van der Waals surface area contributed by atoms with Crippen molar-refractivity contribution in [1.82, 2.24) is 9.38 Å². The highest BCUT2D eigenvalue weighted by Gasteiger charge is 2.35. The number of imidazole rings is 1. The number of aromatic nitrogens is 2. The van der Waals surface area contributed by atoms with Crippen LogP contribution in [-0.4, -0.2) is 9.38 Å². The zero-order valence-corrected chi connectivity index (χ0v) is 36.7. The second-order valence-electron chi connectivity index (χ2n) is 18.3. The first-order chi connectivity index (χ1) is 32.0. The van der Waals surface area contributed by atoms with Crippen molar-refractivity contribution in [3.8, 4) is 55.8 Å². The molecule has 304 valence electrons. The van der Waals surface area contributed by atoms with Gasteiger partial charge in [-0.1, -0.05) is 184 Å². The Kier molecular flexibility index (Phi) is 7.65. The fraction of sp³-hybridized carbons (Fsp3) is 0.0484. The van der Waals surface area contributed by atoms with Crippen molar-refractivity contribution in [2.45, 2.75) is 19.3 Å². The third-order valence-electron chi connectivity index (χ3n) is 14.4. The molecule has 3 heteroatoms. The van der Waals surface area contributed by atoms with Crippen LogP contribution in [0.15, 0.2) is 206 Å². The summed E-state index contributed by atoms with van der Waals surface area (Å²) in [7, 11) is 0. The third kappa shape index (κ3) is 5.37. The van der Waals surface area contributed by atoms with Gasteiger partial charge < -0.3 is 0 Å². The molecule has 2 nitrogen and oxygen atoms in total. The highest BCUT2D eigenvalue weighted by molar-refractivity contribution is 7.26. The molecular formula is C62H40N2S. The Bertz CT molecular complexity index is 4130. The molecule has 3 aromatic heterocycles. The number of fused-ring (bicyclic) bond motifs is 14. The van der Waals surface area contributed by atoms with E-state index in [0.717, 1.165) is 27.9 Å². The standard InChI is InChI=1S/C62H40N2S/c1-62(2)54-17-9-7-15-49(54)52-35-43(27-31-55(52)62)37-19-21-38(22-20-37)45-29-30-46(48-14-6-5-13-47(45)48)39-23-25-40(26-24-39)57-36-53-50-16-8-10-18-58(50)65-60(53)61-63-59-51-34-42-12-4-3-11-41(42)33-44(51)28-32-56(59)64(57)61/h3-36H,1-2H3. The molecular weight excluding hydrogens is 805 g/mol. The quantitative estimate of drug-likeness (QED) is 0.161. The zero-order valence-electron chi connectivity index (χ0n) is 35.9. The van der Waals surface area contributed by atoms with Gasteiger partial charge in [0.25, 0.3) is 0 Å². The second-order valence-corrected chi connectivity index (χ2v) is 19.3. The van der Waals surface area contributed by atoms with Gasteiger partial charge in [0.2, 0.25) is 0 Å². The van der Waals surface area contributed by atoms with Crippen LogP contribution in [0.25, 0.3) is 125 Å². The molecule has 0 amide bonds. The highest BCUT2D eigenvalue weighted by Crippen LogP contribution is 2.50. The maximum atomic E-state index is 5.51. The summed E-state index contributed by atoms with van der Waals surface area (Å²) >= 11 is 1.84. The molecule has 0 spiro atoms. The van der Waals surface area contributed by atoms with E-state index in [1.807, 2.05) is 11.3 Å². The van der Waals surface area contributed by atoms with E-state index < -0.39 is 0 Å². The fourth-order valence-corrected chi connectivity index (χ4v) is 12.3. The summed E-state index contributed by atoms with van der Waals surface area (Å²) in [6.45, 7) is 4.68. The molecule has 10 aromatic carbocycles. The summed E-state index contributed by atoms with van der Waals surface area (Å²) in [6.07, 6.45) is 0. The summed E-state index contributed by atoms with van der Waals surface area (Å²) in [5.41, 5.74) is 18.4. The first-order valence-corrected chi connectivity index (χ1v) is 23.3. The Labute approximate surface area is 380 Å². The monoisotopic (exact) mass is 844 g/mol. The van der Waals surface area contributed by atoms with Crippen LogP contribution in [0, 0.1) is 0 Å². The second kappa shape index (κ2) is 13.6. The summed E-state index contributed by atoms with van der Waals surface area (Å²) < 4.78 is 4.90. The number of pyridine rings is 1. The van der Waals surface area contributed by atoms with Crippen LogP contribution in [0.5, 0.6) is 0 Å². The number of benzene rings is 10. The largest absolute Gasteiger partial charge is 0.291 e. The van der Waals surface area contributed by atoms with Gasteiger partial charge in [-0.2, -0.15) is 0 Å². The van der Waals surface area contributed by atoms with Crippen LogP contribution in [0.1, 0.15) is 25.0 Å². The van der Waals surface area contributed by atoms with E-state index in [4.69, 9.17) is 4.98 Å². The molecule has 13 aromatic rings. The van der Waals surface area contributed by atoms with E-state index >= 15 is 0 Å². The van der Waals surface area contributed by atoms with Crippen molar-refractivity contribution in [3.05, 3.63) is 217 Å². The topological polar surface area (TPSA) is 17.3 Å². The Morgan fingerprint density at radius 3 is 1.75 bits per heavy atom. The van der Waals surface area contributed by atoms with E-state index in [2.05, 4.69) is 225 Å². The summed E-state index contributed by atoms with van der Waals surface area (Å²) in [5, 5.41) is 9.88. The first kappa shape index (κ1) is 36.6. The maximum Gasteiger partial charge on any atom is 0.156 e. The molecule has 1 aliphatic carbocycles. The van der Waals surface area contributed by atoms with E-state index in [1.54, 1.807) is 0 Å². The molecule has 0 unspecified atom stereocenters. The van der Waals surface area contributed by atoms with Gasteiger partial charge in [0, 0.05) is 26.3 Å². The summed E-state index contributed by atoms with van der Waals surface area (Å²) in [6, 6.07) is 76.6. The Hall–Kier alpha value is -7.85. The van der Waals surface area contributed by atoms with Crippen molar-refractivity contribution in [3.63, 3.8) is 0 Å². The molecule has 0 fully saturated rings. The number of rotatable bonds is 4. The lowest BCUT2D eigenvalue weighted by Crippen LogP contribution is -2.14. The molecule has 0 bridgehead atoms. The van der Waals surface area contributed by atoms with Gasteiger partial charge in [-0.25, -0.2) is 4.98 Å². The normalized spacial score (nSPS) is 13.2. The molecule has 3 heterocycles. The van der Waals surface area contributed by atoms with E-state index in [-0.39, 0.29) is 5.41 Å². The smallest absolute Gasteiger partial charge is 0.156 e. The van der Waals surface area contributed by atoms with Crippen LogP contribution in [0.2, 0.25) is 0 Å². The van der Waals surface area contributed by atoms with Crippen molar-refractivity contribution in [2.75, 3.05) is 0 Å². The lowest BCUT2D eigenvalue weighted by atomic mass is 9.82. The molecule has 0 N–H and O–H groups in total. The van der Waals surface area contributed by atoms with Crippen molar-refractivity contribution in [1.29, 1.82) is 0 Å². The van der Waals surface area contributed by atoms with Gasteiger partial charge in [0.05, 0.1) is 21.4 Å². The van der Waals surface area contributed by atoms with E-state index in [0.29, 0.717) is 0 Å². The first-order valence-electron chi connectivity index (χ1n) is 22.5. The van der Waals surface area contributed by atoms with Gasteiger partial charge in [-0.3, -0.25) is 4.40 Å². The molecule has 0 saturated heterocycles. The maximum absolute atomic E-state index is 5.51. The number of thiophene rings is 1. The lowest BCUT2D eigenvalue weighted by molar-refractivity contribution is 0.660. The predicted molar refractivity (Wildman–Crippen MR) is 277 cm³/mol. The number of hydrogen-bond donors (Lipinski definition) is 0. The van der Waals surface area contributed by atoms with Crippen molar-refractivity contribution >= 4 is 80.5 Å². The molecule has 0 radical (unpaired) electrons. The molecule has 65 heavy (non-hydrogen) atoms. The number of nitrogens with zero attached hydrogens (tertiary/aromatic N) is 2. The molecule has 1 aliphatic rings. The van der Waals surface area contributed by atoms with Crippen LogP contribution < -0.4 is 0 Å². The van der Waals surface area contributed by atoms with E-state index in [1.165, 1.54) is 108 Å². The van der Waals surface area contributed by atoms with Crippen LogP contribution in [-0.2, 0) is 5.41 Å². The third-order valence-corrected chi connectivity index (χ3v) is 15.6. The van der Waals surface area contributed by atoms with Crippen molar-refractivity contribution < 1.29 is 0 Å². The van der Waals surface area contributed by atoms with Gasteiger partial charge in [0.1, 0.15) is 0 Å². The minimum absolute atomic E-state index is 0.00751. The molecule has 0 saturated carbocycles. The number of hydrogen-bond acceptors (Lipinski definition) is 2. The molecule has 0 atom stereocenters. The lowest BCUT2D eigenvalue weighted by Gasteiger charge is -2.21. The van der Waals surface area contributed by atoms with Gasteiger partial charge in [0.15, 0.2) is 5.65 Å². The highest BCUT2D eigenvalue weighted by atomic mass is 32.1. The van der Waals surface area contributed by atoms with Crippen molar-refractivity contribution in [2.24, 2.45) is 0 Å². The molecule has 0 aliphatic heterocycles. The Morgan fingerprint density at radius 1 is 0.400 bits per heavy atom. The van der Waals surface area contributed by atoms with Crippen LogP contribution >= 0.6 is 11.3 Å². The average Bonchev–Trinajstić information content (AvgIpc) is 4.01.